The summed E-state index contributed by atoms with van der Waals surface area (Å²) in [6.07, 6.45) is 0. The minimum absolute atomic E-state index is 0.173. The van der Waals surface area contributed by atoms with Gasteiger partial charge >= 0.3 is 0 Å². The van der Waals surface area contributed by atoms with E-state index < -0.39 is 10.0 Å². The Kier molecular flexibility index (Phi) is 5.51. The quantitative estimate of drug-likeness (QED) is 0.674. The summed E-state index contributed by atoms with van der Waals surface area (Å²) in [4.78, 5) is 0. The van der Waals surface area contributed by atoms with Crippen LogP contribution in [0.15, 0.2) is 0 Å². The molecule has 80 valence electrons. The Morgan fingerprint density at radius 2 is 1.92 bits per heavy atom. The van der Waals surface area contributed by atoms with E-state index in [1.807, 2.05) is 13.8 Å². The number of nitrogens with zero attached hydrogens (tertiary/aromatic N) is 1. The molecule has 0 aromatic rings. The molecule has 4 nitrogen and oxygen atoms in total. The average molecular weight is 208 g/mol. The Morgan fingerprint density at radius 3 is 2.31 bits per heavy atom. The van der Waals surface area contributed by atoms with Crippen LogP contribution in [-0.2, 0) is 10.0 Å². The van der Waals surface area contributed by atoms with Crippen molar-refractivity contribution in [1.29, 1.82) is 0 Å². The van der Waals surface area contributed by atoms with Gasteiger partial charge in [0.25, 0.3) is 0 Å². The monoisotopic (exact) mass is 208 g/mol. The van der Waals surface area contributed by atoms with Crippen molar-refractivity contribution in [2.75, 3.05) is 32.9 Å². The standard InChI is InChI=1S/C8H20N2O2S/c1-8(2)7-10(4)13(11,12)6-5-9-3/h8-9H,5-7H2,1-4H3. The summed E-state index contributed by atoms with van der Waals surface area (Å²) in [6, 6.07) is 0. The SMILES string of the molecule is CNCCS(=O)(=O)N(C)CC(C)C. The summed E-state index contributed by atoms with van der Waals surface area (Å²) in [7, 11) is 0.331. The summed E-state index contributed by atoms with van der Waals surface area (Å²) in [5.74, 6) is 0.543. The number of nitrogens with one attached hydrogen (secondary N) is 1. The third-order valence-electron chi connectivity index (χ3n) is 1.71. The van der Waals surface area contributed by atoms with Gasteiger partial charge in [0.1, 0.15) is 0 Å². The van der Waals surface area contributed by atoms with Gasteiger partial charge in [-0.3, -0.25) is 0 Å². The molecule has 0 aliphatic heterocycles. The molecule has 0 radical (unpaired) electrons. The Balaban J connectivity index is 4.12. The van der Waals surface area contributed by atoms with Crippen molar-refractivity contribution in [1.82, 2.24) is 9.62 Å². The van der Waals surface area contributed by atoms with Crippen LogP contribution < -0.4 is 5.32 Å². The summed E-state index contributed by atoms with van der Waals surface area (Å²) in [6.45, 7) is 5.10. The first-order valence-electron chi connectivity index (χ1n) is 4.48. The minimum Gasteiger partial charge on any atom is -0.319 e. The molecule has 0 saturated carbocycles. The molecule has 0 amide bonds. The average Bonchev–Trinajstić information content (AvgIpc) is 1.99. The van der Waals surface area contributed by atoms with Crippen molar-refractivity contribution in [2.24, 2.45) is 5.92 Å². The van der Waals surface area contributed by atoms with Crippen LogP contribution in [0.25, 0.3) is 0 Å². The van der Waals surface area contributed by atoms with E-state index in [4.69, 9.17) is 0 Å². The van der Waals surface area contributed by atoms with Crippen LogP contribution in [0.1, 0.15) is 13.8 Å². The van der Waals surface area contributed by atoms with Crippen LogP contribution in [0, 0.1) is 5.92 Å². The van der Waals surface area contributed by atoms with Crippen molar-refractivity contribution in [3.8, 4) is 0 Å². The highest BCUT2D eigenvalue weighted by atomic mass is 32.2. The molecule has 0 aromatic heterocycles. The van der Waals surface area contributed by atoms with E-state index in [9.17, 15) is 8.42 Å². The second kappa shape index (κ2) is 5.57. The number of hydrogen-bond donors (Lipinski definition) is 1. The molecule has 0 fully saturated rings. The Labute approximate surface area is 81.4 Å². The molecule has 5 heteroatoms. The Bertz CT molecular complexity index is 224. The second-order valence-electron chi connectivity index (χ2n) is 3.59. The minimum atomic E-state index is -3.05. The van der Waals surface area contributed by atoms with Gasteiger partial charge in [0.15, 0.2) is 0 Å². The van der Waals surface area contributed by atoms with Crippen LogP contribution in [-0.4, -0.2) is 45.7 Å². The van der Waals surface area contributed by atoms with E-state index in [1.165, 1.54) is 4.31 Å². The van der Waals surface area contributed by atoms with E-state index in [-0.39, 0.29) is 5.75 Å². The first-order chi connectivity index (χ1) is 5.90. The Morgan fingerprint density at radius 1 is 1.38 bits per heavy atom. The summed E-state index contributed by atoms with van der Waals surface area (Å²) >= 11 is 0. The topological polar surface area (TPSA) is 49.4 Å². The van der Waals surface area contributed by atoms with Crippen molar-refractivity contribution < 1.29 is 8.42 Å². The van der Waals surface area contributed by atoms with Gasteiger partial charge in [0.2, 0.25) is 10.0 Å². The Hall–Kier alpha value is -0.130. The zero-order valence-electron chi connectivity index (χ0n) is 8.87. The highest BCUT2D eigenvalue weighted by molar-refractivity contribution is 7.89. The zero-order chi connectivity index (χ0) is 10.5. The van der Waals surface area contributed by atoms with Gasteiger partial charge in [-0.25, -0.2) is 12.7 Å². The predicted molar refractivity (Wildman–Crippen MR) is 55.2 cm³/mol. The van der Waals surface area contributed by atoms with Crippen molar-refractivity contribution in [2.45, 2.75) is 13.8 Å². The van der Waals surface area contributed by atoms with E-state index in [1.54, 1.807) is 14.1 Å². The summed E-state index contributed by atoms with van der Waals surface area (Å²) in [5, 5.41) is 2.83. The molecule has 0 saturated heterocycles. The van der Waals surface area contributed by atoms with Gasteiger partial charge in [-0.2, -0.15) is 0 Å². The van der Waals surface area contributed by atoms with Crippen molar-refractivity contribution >= 4 is 10.0 Å². The van der Waals surface area contributed by atoms with Gasteiger partial charge in [-0.15, -0.1) is 0 Å². The largest absolute Gasteiger partial charge is 0.319 e. The summed E-state index contributed by atoms with van der Waals surface area (Å²) < 4.78 is 24.4. The zero-order valence-corrected chi connectivity index (χ0v) is 9.69. The summed E-state index contributed by atoms with van der Waals surface area (Å²) in [5.41, 5.74) is 0. The highest BCUT2D eigenvalue weighted by Crippen LogP contribution is 2.02. The van der Waals surface area contributed by atoms with Crippen LogP contribution >= 0.6 is 0 Å². The molecule has 0 atom stereocenters. The van der Waals surface area contributed by atoms with Gasteiger partial charge in [0, 0.05) is 20.1 Å². The van der Waals surface area contributed by atoms with Gasteiger partial charge in [-0.1, -0.05) is 13.8 Å². The lowest BCUT2D eigenvalue weighted by Gasteiger charge is -2.18. The predicted octanol–water partition coefficient (Wildman–Crippen LogP) is 0.123. The molecular formula is C8H20N2O2S. The molecule has 0 aliphatic rings. The normalized spacial score (nSPS) is 12.8. The van der Waals surface area contributed by atoms with E-state index >= 15 is 0 Å². The van der Waals surface area contributed by atoms with Crippen molar-refractivity contribution in [3.05, 3.63) is 0 Å². The van der Waals surface area contributed by atoms with Crippen LogP contribution in [0.5, 0.6) is 0 Å². The molecule has 13 heavy (non-hydrogen) atoms. The molecular weight excluding hydrogens is 188 g/mol. The van der Waals surface area contributed by atoms with Crippen molar-refractivity contribution in [3.63, 3.8) is 0 Å². The second-order valence-corrected chi connectivity index (χ2v) is 5.79. The molecule has 0 bridgehead atoms. The molecule has 1 N–H and O–H groups in total. The first-order valence-corrected chi connectivity index (χ1v) is 6.09. The number of rotatable bonds is 6. The lowest BCUT2D eigenvalue weighted by molar-refractivity contribution is 0.417. The maximum absolute atomic E-state index is 11.5. The van der Waals surface area contributed by atoms with E-state index in [0.29, 0.717) is 19.0 Å². The van der Waals surface area contributed by atoms with Gasteiger partial charge in [0.05, 0.1) is 5.75 Å². The van der Waals surface area contributed by atoms with Gasteiger partial charge in [-0.05, 0) is 13.0 Å². The third kappa shape index (κ3) is 5.23. The van der Waals surface area contributed by atoms with Crippen LogP contribution in [0.2, 0.25) is 0 Å². The fourth-order valence-corrected chi connectivity index (χ4v) is 2.31. The maximum atomic E-state index is 11.5. The van der Waals surface area contributed by atoms with E-state index in [2.05, 4.69) is 5.32 Å². The highest BCUT2D eigenvalue weighted by Gasteiger charge is 2.17. The third-order valence-corrected chi connectivity index (χ3v) is 3.53. The fourth-order valence-electron chi connectivity index (χ4n) is 1.01. The smallest absolute Gasteiger partial charge is 0.215 e. The lowest BCUT2D eigenvalue weighted by atomic mass is 10.2. The van der Waals surface area contributed by atoms with Gasteiger partial charge < -0.3 is 5.32 Å². The molecule has 0 unspecified atom stereocenters. The molecule has 0 spiro atoms. The lowest BCUT2D eigenvalue weighted by Crippen LogP contribution is -2.35. The van der Waals surface area contributed by atoms with Crippen LogP contribution in [0.3, 0.4) is 0 Å². The maximum Gasteiger partial charge on any atom is 0.215 e. The molecule has 0 aliphatic carbocycles. The number of hydrogen-bond acceptors (Lipinski definition) is 3. The molecule has 0 rings (SSSR count). The molecule has 0 heterocycles. The van der Waals surface area contributed by atoms with Crippen LogP contribution in [0.4, 0.5) is 0 Å². The van der Waals surface area contributed by atoms with E-state index in [0.717, 1.165) is 0 Å². The molecule has 0 aromatic carbocycles. The fraction of sp³-hybridized carbons (Fsp3) is 1.00. The number of sulfonamides is 1. The first kappa shape index (κ1) is 12.9.